The van der Waals surface area contributed by atoms with Crippen molar-refractivity contribution >= 4 is 48.1 Å². The number of aliphatic hydroxyl groups is 1. The molecule has 0 radical (unpaired) electrons. The van der Waals surface area contributed by atoms with Crippen LogP contribution in [-0.2, 0) is 33.0 Å². The van der Waals surface area contributed by atoms with Crippen LogP contribution in [0.4, 0.5) is 11.4 Å². The molecule has 55 heavy (non-hydrogen) atoms. The Morgan fingerprint density at radius 2 is 1.76 bits per heavy atom. The Balaban J connectivity index is 1.13. The van der Waals surface area contributed by atoms with Crippen LogP contribution in [0, 0.1) is 5.92 Å². The zero-order valence-corrected chi connectivity index (χ0v) is 33.3. The van der Waals surface area contributed by atoms with Gasteiger partial charge < -0.3 is 24.4 Å². The number of β-lactam (4-membered cyclic amide) rings is 1. The molecule has 12 heteroatoms. The van der Waals surface area contributed by atoms with Gasteiger partial charge in [0, 0.05) is 47.9 Å². The van der Waals surface area contributed by atoms with Crippen molar-refractivity contribution in [2.75, 3.05) is 30.1 Å². The van der Waals surface area contributed by atoms with E-state index in [-0.39, 0.29) is 41.9 Å². The number of nitrogens with zero attached hydrogens (tertiary/aromatic N) is 5. The summed E-state index contributed by atoms with van der Waals surface area (Å²) in [7, 11) is -0.708. The maximum absolute atomic E-state index is 15.2. The number of halogens is 1. The second kappa shape index (κ2) is 14.7. The number of methoxy groups -OCH3 is 1. The Labute approximate surface area is 327 Å². The Hall–Kier alpha value is -4.81. The molecule has 8 rings (SSSR count). The zero-order valence-electron chi connectivity index (χ0n) is 31.6. The minimum absolute atomic E-state index is 0.0301. The van der Waals surface area contributed by atoms with Gasteiger partial charge in [0.25, 0.3) is 5.91 Å². The first-order valence-electron chi connectivity index (χ1n) is 18.9. The maximum atomic E-state index is 15.2. The first-order chi connectivity index (χ1) is 26.5. The van der Waals surface area contributed by atoms with Crippen LogP contribution in [0.5, 0.6) is 5.75 Å². The summed E-state index contributed by atoms with van der Waals surface area (Å²) >= 11 is 6.72. The minimum Gasteiger partial charge on any atom is -0.497 e. The Morgan fingerprint density at radius 1 is 1.02 bits per heavy atom. The fourth-order valence-electron chi connectivity index (χ4n) is 9.16. The molecule has 3 aliphatic rings. The third-order valence-electron chi connectivity index (χ3n) is 12.2. The number of aromatic nitrogens is 3. The Bertz CT molecular complexity index is 2200. The highest BCUT2D eigenvalue weighted by Gasteiger charge is 2.66. The van der Waals surface area contributed by atoms with E-state index < -0.39 is 13.7 Å². The van der Waals surface area contributed by atoms with Crippen LogP contribution in [-0.4, -0.2) is 66.4 Å². The summed E-state index contributed by atoms with van der Waals surface area (Å²) in [6, 6.07) is 31.7. The lowest BCUT2D eigenvalue weighted by Crippen LogP contribution is -2.51. The molecule has 2 saturated heterocycles. The van der Waals surface area contributed by atoms with Crippen LogP contribution in [0.1, 0.15) is 48.1 Å². The largest absolute Gasteiger partial charge is 0.497 e. The summed E-state index contributed by atoms with van der Waals surface area (Å²) in [5.74, 6) is 0.346. The van der Waals surface area contributed by atoms with Crippen molar-refractivity contribution in [3.05, 3.63) is 131 Å². The van der Waals surface area contributed by atoms with Gasteiger partial charge in [-0.05, 0) is 65.6 Å². The zero-order chi connectivity index (χ0) is 38.5. The van der Waals surface area contributed by atoms with E-state index in [1.54, 1.807) is 12.0 Å². The monoisotopic (exact) mass is 775 g/mol. The number of benzene rings is 4. The minimum atomic E-state index is -2.38. The summed E-state index contributed by atoms with van der Waals surface area (Å²) in [6.07, 6.45) is 2.78. The number of amides is 2. The number of ether oxygens (including phenoxy) is 2. The van der Waals surface area contributed by atoms with Crippen molar-refractivity contribution in [1.29, 1.82) is 0 Å². The van der Waals surface area contributed by atoms with Gasteiger partial charge in [-0.25, -0.2) is 0 Å². The maximum Gasteiger partial charge on any atom is 0.264 e. The number of aliphatic hydroxyl groups excluding tert-OH is 1. The van der Waals surface area contributed by atoms with Crippen molar-refractivity contribution in [2.45, 2.75) is 69.1 Å². The van der Waals surface area contributed by atoms with Gasteiger partial charge in [-0.3, -0.25) is 14.3 Å². The van der Waals surface area contributed by atoms with Gasteiger partial charge in [0.1, 0.15) is 5.75 Å². The fraction of sp³-hybridized carbons (Fsp3) is 0.349. The van der Waals surface area contributed by atoms with Gasteiger partial charge in [0.2, 0.25) is 5.91 Å². The van der Waals surface area contributed by atoms with Crippen molar-refractivity contribution < 1.29 is 24.2 Å². The second-order valence-corrected chi connectivity index (χ2v) is 20.6. The van der Waals surface area contributed by atoms with Crippen LogP contribution < -0.4 is 19.7 Å². The van der Waals surface area contributed by atoms with E-state index >= 15 is 4.79 Å². The number of carbonyl (C=O) groups excluding carboxylic acids is 2. The second-order valence-electron chi connectivity index (χ2n) is 15.5. The molecular formula is C43H46ClN5O5Si. The first-order valence-corrected chi connectivity index (χ1v) is 22.4. The molecule has 1 aromatic heterocycles. The number of carbonyl (C=O) groups is 2. The molecule has 0 bridgehead atoms. The number of anilines is 2. The number of aryl methyl sites for hydroxylation is 1. The molecular weight excluding hydrogens is 730 g/mol. The van der Waals surface area contributed by atoms with Gasteiger partial charge in [-0.15, -0.1) is 5.10 Å². The van der Waals surface area contributed by atoms with Crippen LogP contribution in [0.15, 0.2) is 103 Å². The molecule has 4 aromatic carbocycles. The third-order valence-corrected chi connectivity index (χ3v) is 16.8. The average Bonchev–Trinajstić information content (AvgIpc) is 3.85. The number of fused-ring (bicyclic) bond motifs is 2. The molecule has 284 valence electrons. The molecule has 0 saturated carbocycles. The summed E-state index contributed by atoms with van der Waals surface area (Å²) in [5.41, 5.74) is 3.86. The SMILES string of the molecule is COc1ccc([Si](C)(C)[C@H]2[C@H](CCn3cc(C(CO)c4ccccc4)nn3)O[C@@]3(C(=O)N(Cc4ccc(N5CCC5=O)cc4)c4ccc(Cl)cc43)[C@@H]2C)cc1. The lowest BCUT2D eigenvalue weighted by molar-refractivity contribution is -0.146. The van der Waals surface area contributed by atoms with Gasteiger partial charge in [0.15, 0.2) is 5.60 Å². The first kappa shape index (κ1) is 37.1. The summed E-state index contributed by atoms with van der Waals surface area (Å²) in [6.45, 7) is 8.42. The van der Waals surface area contributed by atoms with Crippen LogP contribution >= 0.6 is 11.6 Å². The quantitative estimate of drug-likeness (QED) is 0.112. The van der Waals surface area contributed by atoms with E-state index in [2.05, 4.69) is 42.5 Å². The number of hydrogen-bond donors (Lipinski definition) is 1. The van der Waals surface area contributed by atoms with Crippen LogP contribution in [0.2, 0.25) is 23.7 Å². The summed E-state index contributed by atoms with van der Waals surface area (Å²) < 4.78 is 14.6. The molecule has 5 aromatic rings. The van der Waals surface area contributed by atoms with Gasteiger partial charge in [-0.1, -0.05) is 96.6 Å². The Kier molecular flexibility index (Phi) is 9.91. The summed E-state index contributed by atoms with van der Waals surface area (Å²) in [4.78, 5) is 30.9. The smallest absolute Gasteiger partial charge is 0.264 e. The highest BCUT2D eigenvalue weighted by atomic mass is 35.5. The van der Waals surface area contributed by atoms with Crippen molar-refractivity contribution in [2.24, 2.45) is 5.92 Å². The van der Waals surface area contributed by atoms with E-state index in [0.717, 1.165) is 40.4 Å². The van der Waals surface area contributed by atoms with Crippen LogP contribution in [0.25, 0.3) is 0 Å². The number of rotatable bonds is 12. The molecule has 10 nitrogen and oxygen atoms in total. The molecule has 0 aliphatic carbocycles. The van der Waals surface area contributed by atoms with Crippen LogP contribution in [0.3, 0.4) is 0 Å². The van der Waals surface area contributed by atoms with Gasteiger partial charge in [-0.2, -0.15) is 0 Å². The lowest BCUT2D eigenvalue weighted by Gasteiger charge is -2.37. The van der Waals surface area contributed by atoms with E-state index in [9.17, 15) is 9.90 Å². The third kappa shape index (κ3) is 6.46. The normalized spacial score (nSPS) is 22.6. The molecule has 5 atom stereocenters. The fourth-order valence-corrected chi connectivity index (χ4v) is 13.4. The van der Waals surface area contributed by atoms with E-state index in [0.29, 0.717) is 36.6 Å². The topological polar surface area (TPSA) is 110 Å². The Morgan fingerprint density at radius 3 is 2.42 bits per heavy atom. The predicted molar refractivity (Wildman–Crippen MR) is 216 cm³/mol. The van der Waals surface area contributed by atoms with E-state index in [1.165, 1.54) is 5.19 Å². The van der Waals surface area contributed by atoms with Gasteiger partial charge >= 0.3 is 0 Å². The van der Waals surface area contributed by atoms with E-state index in [1.807, 2.05) is 101 Å². The molecule has 1 N–H and O–H groups in total. The standard InChI is InChI=1S/C43H46ClN5O5Si/c1-28-41(55(3,4)34-17-15-33(53-2)16-18-34)39(20-22-47-26-37(45-46-47)35(27-50)30-8-6-5-7-9-30)54-43(28)36-24-31(44)12-19-38(36)49(42(43)52)25-29-10-13-32(14-11-29)48-23-21-40(48)51/h5-19,24,26,28,35,39,41,50H,20-23,25,27H2,1-4H3/t28-,35?,39+,41-,43+/m1/s1. The molecule has 3 aliphatic heterocycles. The highest BCUT2D eigenvalue weighted by molar-refractivity contribution is 6.91. The van der Waals surface area contributed by atoms with E-state index in [4.69, 9.17) is 21.1 Å². The highest BCUT2D eigenvalue weighted by Crippen LogP contribution is 2.60. The molecule has 1 unspecified atom stereocenters. The summed E-state index contributed by atoms with van der Waals surface area (Å²) in [5, 5.41) is 21.0. The van der Waals surface area contributed by atoms with Crippen molar-refractivity contribution in [3.8, 4) is 5.75 Å². The molecule has 4 heterocycles. The predicted octanol–water partition coefficient (Wildman–Crippen LogP) is 6.65. The molecule has 2 fully saturated rings. The average molecular weight is 776 g/mol. The van der Waals surface area contributed by atoms with Crippen molar-refractivity contribution in [3.63, 3.8) is 0 Å². The van der Waals surface area contributed by atoms with Gasteiger partial charge in [0.05, 0.1) is 51.7 Å². The van der Waals surface area contributed by atoms with Crippen molar-refractivity contribution in [1.82, 2.24) is 15.0 Å². The molecule has 2 amide bonds. The number of hydrogen-bond acceptors (Lipinski definition) is 7. The lowest BCUT2D eigenvalue weighted by atomic mass is 9.82. The molecule has 1 spiro atoms.